The summed E-state index contributed by atoms with van der Waals surface area (Å²) < 4.78 is 1.83. The van der Waals surface area contributed by atoms with Gasteiger partial charge in [0.1, 0.15) is 0 Å². The van der Waals surface area contributed by atoms with E-state index in [0.29, 0.717) is 0 Å². The molecule has 0 saturated heterocycles. The topological polar surface area (TPSA) is 55.1 Å². The fourth-order valence-corrected chi connectivity index (χ4v) is 2.41. The number of aromatic nitrogens is 2. The lowest BCUT2D eigenvalue weighted by Gasteiger charge is -2.01. The standard InChI is InChI=1S/C13H14N2O2S/c1-2-15-12(18-9-13(16)17)8-11(14-15)10-6-4-3-5-7-10/h3-8H,2,9H2,1H3,(H,16,17). The largest absolute Gasteiger partial charge is 0.481 e. The molecule has 0 aliphatic carbocycles. The highest BCUT2D eigenvalue weighted by molar-refractivity contribution is 7.99. The first-order valence-corrected chi connectivity index (χ1v) is 6.67. The maximum Gasteiger partial charge on any atom is 0.313 e. The number of carboxylic acids is 1. The second-order valence-corrected chi connectivity index (χ2v) is 4.73. The van der Waals surface area contributed by atoms with E-state index in [-0.39, 0.29) is 5.75 Å². The molecule has 2 aromatic rings. The van der Waals surface area contributed by atoms with Crippen LogP contribution in [0.4, 0.5) is 0 Å². The predicted octanol–water partition coefficient (Wildman–Crippen LogP) is 2.75. The molecule has 2 rings (SSSR count). The van der Waals surface area contributed by atoms with E-state index in [1.54, 1.807) is 0 Å². The fourth-order valence-electron chi connectivity index (χ4n) is 1.63. The van der Waals surface area contributed by atoms with E-state index in [9.17, 15) is 4.79 Å². The Hall–Kier alpha value is -1.75. The third kappa shape index (κ3) is 2.92. The lowest BCUT2D eigenvalue weighted by molar-refractivity contribution is -0.133. The average Bonchev–Trinajstić information content (AvgIpc) is 2.80. The van der Waals surface area contributed by atoms with Gasteiger partial charge in [0, 0.05) is 12.1 Å². The zero-order valence-corrected chi connectivity index (χ0v) is 10.9. The lowest BCUT2D eigenvalue weighted by Crippen LogP contribution is -2.02. The van der Waals surface area contributed by atoms with Crippen LogP contribution in [0.1, 0.15) is 6.92 Å². The molecule has 0 spiro atoms. The highest BCUT2D eigenvalue weighted by Gasteiger charge is 2.10. The molecular weight excluding hydrogens is 248 g/mol. The van der Waals surface area contributed by atoms with Crippen molar-refractivity contribution in [3.8, 4) is 11.3 Å². The van der Waals surface area contributed by atoms with Gasteiger partial charge >= 0.3 is 5.97 Å². The number of rotatable bonds is 5. The summed E-state index contributed by atoms with van der Waals surface area (Å²) >= 11 is 1.30. The van der Waals surface area contributed by atoms with Crippen molar-refractivity contribution in [2.45, 2.75) is 18.5 Å². The maximum atomic E-state index is 10.6. The van der Waals surface area contributed by atoms with E-state index >= 15 is 0 Å². The van der Waals surface area contributed by atoms with Crippen molar-refractivity contribution in [2.75, 3.05) is 5.75 Å². The molecular formula is C13H14N2O2S. The molecule has 1 N–H and O–H groups in total. The Labute approximate surface area is 110 Å². The second kappa shape index (κ2) is 5.73. The van der Waals surface area contributed by atoms with Gasteiger partial charge < -0.3 is 5.11 Å². The van der Waals surface area contributed by atoms with E-state index < -0.39 is 5.97 Å². The summed E-state index contributed by atoms with van der Waals surface area (Å²) in [5.41, 5.74) is 1.92. The van der Waals surface area contributed by atoms with Crippen molar-refractivity contribution in [3.05, 3.63) is 36.4 Å². The van der Waals surface area contributed by atoms with Crippen LogP contribution < -0.4 is 0 Å². The number of aryl methyl sites for hydroxylation is 1. The highest BCUT2D eigenvalue weighted by atomic mass is 32.2. The molecule has 0 aliphatic rings. The van der Waals surface area contributed by atoms with Crippen LogP contribution in [-0.4, -0.2) is 26.6 Å². The van der Waals surface area contributed by atoms with Gasteiger partial charge in [-0.15, -0.1) is 0 Å². The van der Waals surface area contributed by atoms with Crippen molar-refractivity contribution in [1.29, 1.82) is 0 Å². The summed E-state index contributed by atoms with van der Waals surface area (Å²) in [5.74, 6) is -0.759. The molecule has 0 bridgehead atoms. The molecule has 0 saturated carbocycles. The van der Waals surface area contributed by atoms with Gasteiger partial charge in [-0.1, -0.05) is 42.1 Å². The third-order valence-electron chi connectivity index (χ3n) is 2.46. The number of carboxylic acid groups (broad SMARTS) is 1. The molecule has 0 atom stereocenters. The van der Waals surface area contributed by atoms with E-state index in [2.05, 4.69) is 5.10 Å². The van der Waals surface area contributed by atoms with Gasteiger partial charge in [0.2, 0.25) is 0 Å². The molecule has 1 aromatic heterocycles. The number of hydrogen-bond acceptors (Lipinski definition) is 3. The SMILES string of the molecule is CCn1nc(-c2ccccc2)cc1SCC(=O)O. The second-order valence-electron chi connectivity index (χ2n) is 3.73. The van der Waals surface area contributed by atoms with Gasteiger partial charge in [-0.3, -0.25) is 9.48 Å². The number of aliphatic carboxylic acids is 1. The minimum absolute atomic E-state index is 0.0555. The van der Waals surface area contributed by atoms with Gasteiger partial charge in [0.25, 0.3) is 0 Å². The maximum absolute atomic E-state index is 10.6. The smallest absolute Gasteiger partial charge is 0.313 e. The lowest BCUT2D eigenvalue weighted by atomic mass is 10.2. The van der Waals surface area contributed by atoms with Crippen LogP contribution in [0, 0.1) is 0 Å². The molecule has 5 heteroatoms. The van der Waals surface area contributed by atoms with Crippen LogP contribution in [0.2, 0.25) is 0 Å². The van der Waals surface area contributed by atoms with Gasteiger partial charge in [-0.25, -0.2) is 0 Å². The van der Waals surface area contributed by atoms with E-state index in [4.69, 9.17) is 5.11 Å². The van der Waals surface area contributed by atoms with E-state index in [1.165, 1.54) is 11.8 Å². The Morgan fingerprint density at radius 1 is 1.39 bits per heavy atom. The van der Waals surface area contributed by atoms with Crippen LogP contribution in [0.15, 0.2) is 41.4 Å². The van der Waals surface area contributed by atoms with Crippen LogP contribution in [0.25, 0.3) is 11.3 Å². The molecule has 0 aliphatic heterocycles. The summed E-state index contributed by atoms with van der Waals surface area (Å²) in [5, 5.41) is 14.1. The number of carbonyl (C=O) groups is 1. The zero-order chi connectivity index (χ0) is 13.0. The van der Waals surface area contributed by atoms with E-state index in [1.807, 2.05) is 48.0 Å². The molecule has 4 nitrogen and oxygen atoms in total. The van der Waals surface area contributed by atoms with Crippen molar-refractivity contribution in [1.82, 2.24) is 9.78 Å². The number of hydrogen-bond donors (Lipinski definition) is 1. The molecule has 0 fully saturated rings. The summed E-state index contributed by atoms with van der Waals surface area (Å²) in [6.45, 7) is 2.72. The monoisotopic (exact) mass is 262 g/mol. The third-order valence-corrected chi connectivity index (χ3v) is 3.47. The minimum atomic E-state index is -0.815. The summed E-state index contributed by atoms with van der Waals surface area (Å²) in [6, 6.07) is 11.8. The quantitative estimate of drug-likeness (QED) is 0.842. The van der Waals surface area contributed by atoms with E-state index in [0.717, 1.165) is 22.8 Å². The summed E-state index contributed by atoms with van der Waals surface area (Å²) in [6.07, 6.45) is 0. The number of thioether (sulfide) groups is 1. The van der Waals surface area contributed by atoms with Crippen molar-refractivity contribution < 1.29 is 9.90 Å². The molecule has 0 radical (unpaired) electrons. The van der Waals surface area contributed by atoms with Crippen LogP contribution >= 0.6 is 11.8 Å². The van der Waals surface area contributed by atoms with Crippen LogP contribution in [0.3, 0.4) is 0 Å². The molecule has 1 heterocycles. The Bertz CT molecular complexity index is 537. The average molecular weight is 262 g/mol. The molecule has 94 valence electrons. The molecule has 0 unspecified atom stereocenters. The summed E-state index contributed by atoms with van der Waals surface area (Å²) in [7, 11) is 0. The molecule has 1 aromatic carbocycles. The Morgan fingerprint density at radius 3 is 2.72 bits per heavy atom. The van der Waals surface area contributed by atoms with Crippen LogP contribution in [-0.2, 0) is 11.3 Å². The Kier molecular flexibility index (Phi) is 4.04. The number of benzene rings is 1. The minimum Gasteiger partial charge on any atom is -0.481 e. The van der Waals surface area contributed by atoms with Gasteiger partial charge in [0.05, 0.1) is 16.5 Å². The first kappa shape index (κ1) is 12.7. The van der Waals surface area contributed by atoms with Gasteiger partial charge in [-0.2, -0.15) is 5.10 Å². The van der Waals surface area contributed by atoms with Gasteiger partial charge in [0.15, 0.2) is 0 Å². The predicted molar refractivity (Wildman–Crippen MR) is 71.7 cm³/mol. The van der Waals surface area contributed by atoms with Crippen LogP contribution in [0.5, 0.6) is 0 Å². The van der Waals surface area contributed by atoms with Crippen molar-refractivity contribution in [3.63, 3.8) is 0 Å². The first-order valence-electron chi connectivity index (χ1n) is 5.68. The molecule has 0 amide bonds. The normalized spacial score (nSPS) is 10.5. The molecule has 18 heavy (non-hydrogen) atoms. The Morgan fingerprint density at radius 2 is 2.11 bits per heavy atom. The van der Waals surface area contributed by atoms with Crippen molar-refractivity contribution in [2.24, 2.45) is 0 Å². The fraction of sp³-hybridized carbons (Fsp3) is 0.231. The van der Waals surface area contributed by atoms with Gasteiger partial charge in [-0.05, 0) is 13.0 Å². The zero-order valence-electron chi connectivity index (χ0n) is 10.0. The highest BCUT2D eigenvalue weighted by Crippen LogP contribution is 2.25. The Balaban J connectivity index is 2.26. The first-order chi connectivity index (χ1) is 8.70. The number of nitrogens with zero attached hydrogens (tertiary/aromatic N) is 2. The summed E-state index contributed by atoms with van der Waals surface area (Å²) in [4.78, 5) is 10.6. The van der Waals surface area contributed by atoms with Crippen molar-refractivity contribution >= 4 is 17.7 Å².